The Balaban J connectivity index is 1.39. The van der Waals surface area contributed by atoms with Crippen LogP contribution in [0.25, 0.3) is 33.3 Å². The van der Waals surface area contributed by atoms with Gasteiger partial charge in [0.15, 0.2) is 5.58 Å². The number of oxazole rings is 1. The van der Waals surface area contributed by atoms with E-state index >= 15 is 0 Å². The third-order valence-electron chi connectivity index (χ3n) is 5.16. The third kappa shape index (κ3) is 4.79. The highest BCUT2D eigenvalue weighted by atomic mass is 16.5. The first-order valence-corrected chi connectivity index (χ1v) is 10.3. The molecule has 4 rings (SSSR count). The Hall–Kier alpha value is -3.34. The Labute approximate surface area is 175 Å². The fourth-order valence-electron chi connectivity index (χ4n) is 3.52. The molecular formula is C25H25NO4. The van der Waals surface area contributed by atoms with Gasteiger partial charge >= 0.3 is 5.97 Å². The average Bonchev–Trinajstić information content (AvgIpc) is 3.15. The zero-order chi connectivity index (χ0) is 20.9. The van der Waals surface area contributed by atoms with Gasteiger partial charge in [0, 0.05) is 12.0 Å². The summed E-state index contributed by atoms with van der Waals surface area (Å²) in [6, 6.07) is 18.2. The van der Waals surface area contributed by atoms with Gasteiger partial charge in [-0.25, -0.2) is 4.98 Å². The van der Waals surface area contributed by atoms with Crippen LogP contribution in [0.1, 0.15) is 37.7 Å². The van der Waals surface area contributed by atoms with Gasteiger partial charge in [-0.15, -0.1) is 0 Å². The van der Waals surface area contributed by atoms with E-state index in [1.807, 2.05) is 49.4 Å². The lowest BCUT2D eigenvalue weighted by Crippen LogP contribution is -1.98. The summed E-state index contributed by atoms with van der Waals surface area (Å²) in [7, 11) is 0. The van der Waals surface area contributed by atoms with Crippen LogP contribution in [0.2, 0.25) is 0 Å². The van der Waals surface area contributed by atoms with Crippen molar-refractivity contribution < 1.29 is 19.1 Å². The number of carbonyl (C=O) groups is 1. The summed E-state index contributed by atoms with van der Waals surface area (Å²) in [4.78, 5) is 15.1. The molecule has 0 bridgehead atoms. The summed E-state index contributed by atoms with van der Waals surface area (Å²) in [5.41, 5.74) is 3.77. The lowest BCUT2D eigenvalue weighted by molar-refractivity contribution is -0.137. The number of rotatable bonds is 9. The Bertz CT molecular complexity index is 1180. The van der Waals surface area contributed by atoms with E-state index in [-0.39, 0.29) is 6.42 Å². The van der Waals surface area contributed by atoms with Crippen LogP contribution in [0.4, 0.5) is 0 Å². The molecule has 0 saturated heterocycles. The van der Waals surface area contributed by atoms with Gasteiger partial charge in [-0.05, 0) is 72.5 Å². The highest BCUT2D eigenvalue weighted by molar-refractivity contribution is 5.88. The molecular weight excluding hydrogens is 378 g/mol. The molecule has 3 aromatic carbocycles. The number of nitrogens with zero attached hydrogens (tertiary/aromatic N) is 1. The molecule has 1 aromatic heterocycles. The fourth-order valence-corrected chi connectivity index (χ4v) is 3.52. The normalized spacial score (nSPS) is 11.2. The number of aryl methyl sites for hydroxylation is 1. The maximum atomic E-state index is 10.5. The van der Waals surface area contributed by atoms with Crippen molar-refractivity contribution in [3.05, 3.63) is 60.2 Å². The van der Waals surface area contributed by atoms with Crippen LogP contribution in [0.15, 0.2) is 59.0 Å². The molecule has 0 aliphatic rings. The first-order valence-electron chi connectivity index (χ1n) is 10.3. The number of aromatic nitrogens is 1. The number of fused-ring (bicyclic) bond motifs is 2. The SMILES string of the molecule is Cc1ccc2nc(-c3ccc4cc(OCCCCCCC(=O)O)ccc4c3)oc2c1. The third-order valence-corrected chi connectivity index (χ3v) is 5.16. The Morgan fingerprint density at radius 1 is 0.967 bits per heavy atom. The van der Waals surface area contributed by atoms with E-state index in [2.05, 4.69) is 17.1 Å². The molecule has 0 aliphatic heterocycles. The number of hydrogen-bond acceptors (Lipinski definition) is 4. The number of unbranched alkanes of at least 4 members (excludes halogenated alkanes) is 3. The molecule has 30 heavy (non-hydrogen) atoms. The van der Waals surface area contributed by atoms with Crippen LogP contribution in [0.3, 0.4) is 0 Å². The summed E-state index contributed by atoms with van der Waals surface area (Å²) >= 11 is 0. The molecule has 0 atom stereocenters. The minimum atomic E-state index is -0.725. The first-order chi connectivity index (χ1) is 14.6. The summed E-state index contributed by atoms with van der Waals surface area (Å²) in [5.74, 6) is 0.746. The van der Waals surface area contributed by atoms with Gasteiger partial charge < -0.3 is 14.3 Å². The maximum Gasteiger partial charge on any atom is 0.303 e. The highest BCUT2D eigenvalue weighted by Gasteiger charge is 2.09. The molecule has 0 spiro atoms. The smallest absolute Gasteiger partial charge is 0.303 e. The summed E-state index contributed by atoms with van der Waals surface area (Å²) in [6.45, 7) is 2.68. The van der Waals surface area contributed by atoms with E-state index in [4.69, 9.17) is 14.3 Å². The molecule has 0 amide bonds. The summed E-state index contributed by atoms with van der Waals surface area (Å²) < 4.78 is 11.8. The van der Waals surface area contributed by atoms with Crippen molar-refractivity contribution >= 4 is 27.8 Å². The molecule has 1 heterocycles. The minimum Gasteiger partial charge on any atom is -0.494 e. The topological polar surface area (TPSA) is 72.6 Å². The van der Waals surface area contributed by atoms with E-state index in [9.17, 15) is 4.79 Å². The fraction of sp³-hybridized carbons (Fsp3) is 0.280. The Kier molecular flexibility index (Phi) is 5.98. The molecule has 0 fully saturated rings. The van der Waals surface area contributed by atoms with Crippen molar-refractivity contribution in [3.63, 3.8) is 0 Å². The van der Waals surface area contributed by atoms with Gasteiger partial charge in [0.1, 0.15) is 11.3 Å². The molecule has 154 valence electrons. The van der Waals surface area contributed by atoms with E-state index in [0.717, 1.165) is 64.4 Å². The average molecular weight is 403 g/mol. The number of aliphatic carboxylic acids is 1. The van der Waals surface area contributed by atoms with E-state index in [1.54, 1.807) is 0 Å². The van der Waals surface area contributed by atoms with Crippen LogP contribution in [-0.2, 0) is 4.79 Å². The summed E-state index contributed by atoms with van der Waals surface area (Å²) in [5, 5.41) is 10.8. The van der Waals surface area contributed by atoms with Gasteiger partial charge in [-0.3, -0.25) is 4.79 Å². The molecule has 5 nitrogen and oxygen atoms in total. The predicted octanol–water partition coefficient (Wildman–Crippen LogP) is 6.37. The second-order valence-corrected chi connectivity index (χ2v) is 7.62. The summed E-state index contributed by atoms with van der Waals surface area (Å²) in [6.07, 6.45) is 3.80. The molecule has 1 N–H and O–H groups in total. The van der Waals surface area contributed by atoms with Crippen molar-refractivity contribution in [2.24, 2.45) is 0 Å². The zero-order valence-electron chi connectivity index (χ0n) is 17.1. The maximum absolute atomic E-state index is 10.5. The van der Waals surface area contributed by atoms with Gasteiger partial charge in [-0.2, -0.15) is 0 Å². The van der Waals surface area contributed by atoms with Gasteiger partial charge in [0.25, 0.3) is 0 Å². The largest absolute Gasteiger partial charge is 0.494 e. The lowest BCUT2D eigenvalue weighted by Gasteiger charge is -2.08. The standard InChI is InChI=1S/C25H25NO4/c1-17-7-12-22-23(14-17)30-25(26-22)20-9-8-19-16-21(11-10-18(19)15-20)29-13-5-3-2-4-6-24(27)28/h7-12,14-16H,2-6,13H2,1H3,(H,27,28). The molecule has 0 radical (unpaired) electrons. The van der Waals surface area contributed by atoms with Crippen LogP contribution in [-0.4, -0.2) is 22.7 Å². The number of hydrogen-bond donors (Lipinski definition) is 1. The first kappa shape index (κ1) is 20.0. The Morgan fingerprint density at radius 3 is 2.63 bits per heavy atom. The predicted molar refractivity (Wildman–Crippen MR) is 118 cm³/mol. The molecule has 4 aromatic rings. The second kappa shape index (κ2) is 8.99. The van der Waals surface area contributed by atoms with Crippen LogP contribution < -0.4 is 4.74 Å². The highest BCUT2D eigenvalue weighted by Crippen LogP contribution is 2.29. The van der Waals surface area contributed by atoms with Gasteiger partial charge in [0.2, 0.25) is 5.89 Å². The van der Waals surface area contributed by atoms with Gasteiger partial charge in [0.05, 0.1) is 6.61 Å². The van der Waals surface area contributed by atoms with Crippen molar-refractivity contribution in [1.82, 2.24) is 4.98 Å². The van der Waals surface area contributed by atoms with E-state index < -0.39 is 5.97 Å². The quantitative estimate of drug-likeness (QED) is 0.329. The van der Waals surface area contributed by atoms with Crippen molar-refractivity contribution in [1.29, 1.82) is 0 Å². The molecule has 0 aliphatic carbocycles. The van der Waals surface area contributed by atoms with Crippen LogP contribution in [0.5, 0.6) is 5.75 Å². The second-order valence-electron chi connectivity index (χ2n) is 7.62. The van der Waals surface area contributed by atoms with Crippen LogP contribution in [0, 0.1) is 6.92 Å². The number of ether oxygens (including phenoxy) is 1. The van der Waals surface area contributed by atoms with E-state index in [1.165, 1.54) is 0 Å². The lowest BCUT2D eigenvalue weighted by atomic mass is 10.1. The van der Waals surface area contributed by atoms with Crippen molar-refractivity contribution in [2.75, 3.05) is 6.61 Å². The van der Waals surface area contributed by atoms with Crippen LogP contribution >= 0.6 is 0 Å². The minimum absolute atomic E-state index is 0.247. The number of carboxylic acid groups (broad SMARTS) is 1. The van der Waals surface area contributed by atoms with E-state index in [0.29, 0.717) is 12.5 Å². The van der Waals surface area contributed by atoms with Crippen molar-refractivity contribution in [2.45, 2.75) is 39.0 Å². The molecule has 0 unspecified atom stereocenters. The number of carboxylic acids is 1. The van der Waals surface area contributed by atoms with Gasteiger partial charge in [-0.1, -0.05) is 31.0 Å². The zero-order valence-corrected chi connectivity index (χ0v) is 17.1. The molecule has 5 heteroatoms. The molecule has 0 saturated carbocycles. The monoisotopic (exact) mass is 403 g/mol. The Morgan fingerprint density at radius 2 is 1.77 bits per heavy atom. The van der Waals surface area contributed by atoms with Crippen molar-refractivity contribution in [3.8, 4) is 17.2 Å². The number of benzene rings is 3.